The van der Waals surface area contributed by atoms with Crippen molar-refractivity contribution in [3.8, 4) is 11.4 Å². The molecule has 6 nitrogen and oxygen atoms in total. The normalized spacial score (nSPS) is 10.9. The van der Waals surface area contributed by atoms with Crippen molar-refractivity contribution in [2.45, 2.75) is 6.92 Å². The largest absolute Gasteiger partial charge is 0.506 e. The van der Waals surface area contributed by atoms with Gasteiger partial charge in [0, 0.05) is 11.9 Å². The maximum atomic E-state index is 13.4. The lowest BCUT2D eigenvalue weighted by atomic mass is 10.1. The predicted octanol–water partition coefficient (Wildman–Crippen LogP) is 3.93. The van der Waals surface area contributed by atoms with Crippen LogP contribution in [0.25, 0.3) is 16.7 Å². The Bertz CT molecular complexity index is 1350. The van der Waals surface area contributed by atoms with E-state index in [1.807, 2.05) is 0 Å². The molecule has 0 spiro atoms. The van der Waals surface area contributed by atoms with Gasteiger partial charge in [-0.15, -0.1) is 0 Å². The first-order chi connectivity index (χ1) is 14.4. The minimum absolute atomic E-state index is 0.112. The number of hydrogen-bond donors (Lipinski definition) is 2. The summed E-state index contributed by atoms with van der Waals surface area (Å²) < 4.78 is 27.8. The molecule has 0 bridgehead atoms. The average molecular weight is 407 g/mol. The summed E-state index contributed by atoms with van der Waals surface area (Å²) in [5.74, 6) is -2.36. The van der Waals surface area contributed by atoms with Crippen molar-refractivity contribution in [2.24, 2.45) is 0 Å². The quantitative estimate of drug-likeness (QED) is 0.539. The van der Waals surface area contributed by atoms with Gasteiger partial charge in [-0.2, -0.15) is 0 Å². The minimum Gasteiger partial charge on any atom is -0.506 e. The lowest BCUT2D eigenvalue weighted by molar-refractivity contribution is 0.102. The number of amides is 1. The number of carbonyl (C=O) groups excluding carboxylic acids is 1. The number of nitrogens with one attached hydrogen (secondary N) is 1. The number of hydrogen-bond acceptors (Lipinski definition) is 4. The van der Waals surface area contributed by atoms with Crippen LogP contribution in [0.15, 0.2) is 65.6 Å². The molecule has 0 saturated heterocycles. The number of anilines is 1. The first kappa shape index (κ1) is 19.3. The van der Waals surface area contributed by atoms with Gasteiger partial charge < -0.3 is 10.4 Å². The summed E-state index contributed by atoms with van der Waals surface area (Å²) >= 11 is 0. The van der Waals surface area contributed by atoms with E-state index in [-0.39, 0.29) is 16.7 Å². The number of pyridine rings is 2. The Kier molecular flexibility index (Phi) is 4.75. The molecule has 4 aromatic rings. The molecule has 2 aromatic heterocycles. The molecule has 0 aliphatic carbocycles. The molecule has 2 N–H and O–H groups in total. The maximum Gasteiger partial charge on any atom is 0.273 e. The van der Waals surface area contributed by atoms with Crippen LogP contribution in [0.1, 0.15) is 15.9 Å². The molecular formula is C22H15F2N3O3. The fraction of sp³-hybridized carbons (Fsp3) is 0.0455. The Morgan fingerprint density at radius 3 is 2.47 bits per heavy atom. The second-order valence-corrected chi connectivity index (χ2v) is 6.63. The molecule has 0 saturated carbocycles. The number of aromatic hydroxyl groups is 1. The third-order valence-corrected chi connectivity index (χ3v) is 4.66. The Balaban J connectivity index is 1.93. The second kappa shape index (κ2) is 7.40. The highest BCUT2D eigenvalue weighted by molar-refractivity contribution is 6.09. The smallest absolute Gasteiger partial charge is 0.273 e. The van der Waals surface area contributed by atoms with Crippen LogP contribution in [0.2, 0.25) is 0 Å². The number of halogens is 2. The van der Waals surface area contributed by atoms with E-state index in [1.54, 1.807) is 13.0 Å². The van der Waals surface area contributed by atoms with Crippen LogP contribution < -0.4 is 10.9 Å². The summed E-state index contributed by atoms with van der Waals surface area (Å²) in [6, 6.07) is 11.9. The van der Waals surface area contributed by atoms with Gasteiger partial charge in [-0.3, -0.25) is 14.2 Å². The van der Waals surface area contributed by atoms with E-state index in [0.717, 1.165) is 4.57 Å². The standard InChI is InChI=1S/C22H15F2N3O3/c1-12-11-14(24)6-9-17(12)26-21(29)18-19(28)16-3-2-10-25-20(16)27(22(18)30)15-7-4-13(23)5-8-15/h2-11,28H,1H3,(H,26,29). The van der Waals surface area contributed by atoms with Crippen molar-refractivity contribution in [3.63, 3.8) is 0 Å². The van der Waals surface area contributed by atoms with E-state index >= 15 is 0 Å². The van der Waals surface area contributed by atoms with Gasteiger partial charge in [-0.1, -0.05) is 0 Å². The van der Waals surface area contributed by atoms with Gasteiger partial charge in [0.25, 0.3) is 11.5 Å². The summed E-state index contributed by atoms with van der Waals surface area (Å²) in [6.45, 7) is 1.60. The molecule has 30 heavy (non-hydrogen) atoms. The molecule has 2 aromatic carbocycles. The number of aromatic nitrogens is 2. The van der Waals surface area contributed by atoms with E-state index in [4.69, 9.17) is 0 Å². The van der Waals surface area contributed by atoms with Crippen molar-refractivity contribution in [1.82, 2.24) is 9.55 Å². The van der Waals surface area contributed by atoms with Gasteiger partial charge in [0.1, 0.15) is 22.9 Å². The average Bonchev–Trinajstić information content (AvgIpc) is 2.72. The van der Waals surface area contributed by atoms with Gasteiger partial charge in [-0.25, -0.2) is 13.8 Å². The molecule has 4 rings (SSSR count). The lowest BCUT2D eigenvalue weighted by Crippen LogP contribution is -2.29. The topological polar surface area (TPSA) is 84.2 Å². The van der Waals surface area contributed by atoms with E-state index in [2.05, 4.69) is 10.3 Å². The van der Waals surface area contributed by atoms with Crippen LogP contribution in [-0.2, 0) is 0 Å². The number of aryl methyl sites for hydroxylation is 1. The fourth-order valence-electron chi connectivity index (χ4n) is 3.19. The van der Waals surface area contributed by atoms with Crippen molar-refractivity contribution in [1.29, 1.82) is 0 Å². The van der Waals surface area contributed by atoms with Crippen molar-refractivity contribution in [3.05, 3.63) is 93.9 Å². The third-order valence-electron chi connectivity index (χ3n) is 4.66. The first-order valence-corrected chi connectivity index (χ1v) is 8.93. The molecule has 8 heteroatoms. The van der Waals surface area contributed by atoms with E-state index in [9.17, 15) is 23.5 Å². The molecule has 0 radical (unpaired) electrons. The summed E-state index contributed by atoms with van der Waals surface area (Å²) in [7, 11) is 0. The molecule has 0 unspecified atom stereocenters. The summed E-state index contributed by atoms with van der Waals surface area (Å²) in [5.41, 5.74) is -0.215. The van der Waals surface area contributed by atoms with E-state index < -0.39 is 34.4 Å². The highest BCUT2D eigenvalue weighted by Gasteiger charge is 2.24. The van der Waals surface area contributed by atoms with E-state index in [0.29, 0.717) is 11.3 Å². The maximum absolute atomic E-state index is 13.4. The SMILES string of the molecule is Cc1cc(F)ccc1NC(=O)c1c(O)c2cccnc2n(-c2ccc(F)cc2)c1=O. The Morgan fingerprint density at radius 2 is 1.77 bits per heavy atom. The zero-order valence-corrected chi connectivity index (χ0v) is 15.7. The molecule has 2 heterocycles. The number of benzene rings is 2. The third kappa shape index (κ3) is 3.28. The second-order valence-electron chi connectivity index (χ2n) is 6.63. The van der Waals surface area contributed by atoms with Crippen LogP contribution in [0.4, 0.5) is 14.5 Å². The molecule has 150 valence electrons. The molecule has 1 amide bonds. The van der Waals surface area contributed by atoms with Crippen LogP contribution >= 0.6 is 0 Å². The first-order valence-electron chi connectivity index (χ1n) is 8.93. The lowest BCUT2D eigenvalue weighted by Gasteiger charge is -2.15. The van der Waals surface area contributed by atoms with Crippen LogP contribution in [-0.4, -0.2) is 20.6 Å². The highest BCUT2D eigenvalue weighted by Crippen LogP contribution is 2.28. The summed E-state index contributed by atoms with van der Waals surface area (Å²) in [6.07, 6.45) is 1.43. The molecule has 0 fully saturated rings. The molecule has 0 aliphatic heterocycles. The Hall–Kier alpha value is -4.07. The predicted molar refractivity (Wildman–Crippen MR) is 108 cm³/mol. The van der Waals surface area contributed by atoms with Gasteiger partial charge >= 0.3 is 0 Å². The number of carbonyl (C=O) groups is 1. The molecular weight excluding hydrogens is 392 g/mol. The highest BCUT2D eigenvalue weighted by atomic mass is 19.1. The van der Waals surface area contributed by atoms with Crippen LogP contribution in [0.5, 0.6) is 5.75 Å². The van der Waals surface area contributed by atoms with Gasteiger partial charge in [0.2, 0.25) is 0 Å². The van der Waals surface area contributed by atoms with E-state index in [1.165, 1.54) is 54.7 Å². The Morgan fingerprint density at radius 1 is 1.07 bits per heavy atom. The van der Waals surface area contributed by atoms with Gasteiger partial charge in [0.05, 0.1) is 11.1 Å². The van der Waals surface area contributed by atoms with Gasteiger partial charge in [0.15, 0.2) is 5.65 Å². The Labute approximate surface area is 169 Å². The number of nitrogens with zero attached hydrogens (tertiary/aromatic N) is 2. The summed E-state index contributed by atoms with van der Waals surface area (Å²) in [5, 5.41) is 13.4. The van der Waals surface area contributed by atoms with Gasteiger partial charge in [-0.05, 0) is 67.1 Å². The zero-order valence-electron chi connectivity index (χ0n) is 15.7. The fourth-order valence-corrected chi connectivity index (χ4v) is 3.19. The molecule has 0 atom stereocenters. The van der Waals surface area contributed by atoms with Crippen molar-refractivity contribution < 1.29 is 18.7 Å². The number of rotatable bonds is 3. The van der Waals surface area contributed by atoms with Crippen LogP contribution in [0.3, 0.4) is 0 Å². The zero-order chi connectivity index (χ0) is 21.4. The van der Waals surface area contributed by atoms with Crippen molar-refractivity contribution in [2.75, 3.05) is 5.32 Å². The monoisotopic (exact) mass is 407 g/mol. The molecule has 0 aliphatic rings. The van der Waals surface area contributed by atoms with Crippen LogP contribution in [0, 0.1) is 18.6 Å². The minimum atomic E-state index is -0.867. The van der Waals surface area contributed by atoms with Crippen molar-refractivity contribution >= 4 is 22.6 Å². The number of fused-ring (bicyclic) bond motifs is 1. The summed E-state index contributed by atoms with van der Waals surface area (Å²) in [4.78, 5) is 30.3.